The Morgan fingerprint density at radius 1 is 0.510 bits per heavy atom. The van der Waals surface area contributed by atoms with Crippen LogP contribution in [-0.2, 0) is 17.1 Å². The Labute approximate surface area is 318 Å². The van der Waals surface area contributed by atoms with Crippen LogP contribution in [0.4, 0.5) is 0 Å². The molecule has 6 aromatic carbocycles. The summed E-state index contributed by atoms with van der Waals surface area (Å²) in [7, 11) is -1.43. The van der Waals surface area contributed by atoms with Crippen molar-refractivity contribution in [3.8, 4) is 0 Å². The molecule has 0 aromatic heterocycles. The summed E-state index contributed by atoms with van der Waals surface area (Å²) in [4.78, 5) is 0. The van der Waals surface area contributed by atoms with Crippen LogP contribution in [0.15, 0.2) is 169 Å². The SMILES string of the molecule is Cc1cc(C)cc(P(c2cc(C)cc(C)c2)[C@H](C)C2C=CC=C2P(c2cccc3ccccc23)c2cccc3ccccc23)c1.[CH]1C=CC=C1.[Fe]. The van der Waals surface area contributed by atoms with Crippen molar-refractivity contribution in [1.82, 2.24) is 0 Å². The number of aryl methyl sites for hydroxylation is 4. The van der Waals surface area contributed by atoms with Crippen LogP contribution in [0.25, 0.3) is 21.5 Å². The third kappa shape index (κ3) is 8.15. The number of benzene rings is 6. The van der Waals surface area contributed by atoms with E-state index in [1.807, 2.05) is 30.7 Å². The molecule has 0 fully saturated rings. The van der Waals surface area contributed by atoms with Crippen molar-refractivity contribution in [2.45, 2.75) is 40.3 Å². The number of fused-ring (bicyclic) bond motifs is 2. The second kappa shape index (κ2) is 16.7. The maximum absolute atomic E-state index is 2.52. The quantitative estimate of drug-likeness (QED) is 0.113. The Morgan fingerprint density at radius 2 is 0.961 bits per heavy atom. The molecule has 1 unspecified atom stereocenters. The molecule has 0 N–H and O–H groups in total. The summed E-state index contributed by atoms with van der Waals surface area (Å²) >= 11 is 0. The molecule has 0 saturated carbocycles. The molecule has 0 nitrogen and oxygen atoms in total. The summed E-state index contributed by atoms with van der Waals surface area (Å²) in [6.07, 6.45) is 17.3. The fourth-order valence-electron chi connectivity index (χ4n) is 7.61. The third-order valence-electron chi connectivity index (χ3n) is 9.65. The van der Waals surface area contributed by atoms with E-state index in [-0.39, 0.29) is 17.1 Å². The summed E-state index contributed by atoms with van der Waals surface area (Å²) < 4.78 is 0. The van der Waals surface area contributed by atoms with Crippen LogP contribution >= 0.6 is 15.8 Å². The van der Waals surface area contributed by atoms with Gasteiger partial charge in [-0.1, -0.05) is 193 Å². The molecule has 0 heterocycles. The Hall–Kier alpha value is -3.82. The van der Waals surface area contributed by atoms with Crippen molar-refractivity contribution < 1.29 is 17.1 Å². The summed E-state index contributed by atoms with van der Waals surface area (Å²) in [6, 6.07) is 46.1. The van der Waals surface area contributed by atoms with Crippen molar-refractivity contribution >= 4 is 58.6 Å². The average molecular weight is 740 g/mol. The van der Waals surface area contributed by atoms with E-state index < -0.39 is 15.8 Å². The van der Waals surface area contributed by atoms with Gasteiger partial charge in [0.25, 0.3) is 0 Å². The van der Waals surface area contributed by atoms with Crippen LogP contribution in [0.1, 0.15) is 29.2 Å². The van der Waals surface area contributed by atoms with Gasteiger partial charge in [-0.05, 0) is 97.3 Å². The second-order valence-electron chi connectivity index (χ2n) is 13.6. The van der Waals surface area contributed by atoms with Gasteiger partial charge in [0.05, 0.1) is 0 Å². The van der Waals surface area contributed by atoms with Crippen LogP contribution < -0.4 is 21.2 Å². The van der Waals surface area contributed by atoms with Gasteiger partial charge in [0.1, 0.15) is 0 Å². The molecule has 2 atom stereocenters. The number of allylic oxidation sites excluding steroid dienone is 8. The van der Waals surface area contributed by atoms with Gasteiger partial charge in [-0.15, -0.1) is 0 Å². The molecule has 0 bridgehead atoms. The molecule has 255 valence electrons. The molecule has 51 heavy (non-hydrogen) atoms. The van der Waals surface area contributed by atoms with E-state index in [9.17, 15) is 0 Å². The van der Waals surface area contributed by atoms with Gasteiger partial charge in [-0.2, -0.15) is 0 Å². The smallest absolute Gasteiger partial charge is 0.0103 e. The molecule has 1 radical (unpaired) electrons. The second-order valence-corrected chi connectivity index (χ2v) is 18.3. The van der Waals surface area contributed by atoms with E-state index in [0.717, 1.165) is 0 Å². The number of rotatable bonds is 7. The Balaban J connectivity index is 0.000000689. The molecule has 8 rings (SSSR count). The minimum atomic E-state index is -0.802. The molecule has 0 amide bonds. The van der Waals surface area contributed by atoms with Gasteiger partial charge in [-0.3, -0.25) is 0 Å². The van der Waals surface area contributed by atoms with Crippen LogP contribution in [0.5, 0.6) is 0 Å². The molecule has 2 aliphatic rings. The zero-order valence-electron chi connectivity index (χ0n) is 30.1. The van der Waals surface area contributed by atoms with E-state index in [1.54, 1.807) is 5.31 Å². The van der Waals surface area contributed by atoms with Crippen molar-refractivity contribution in [3.05, 3.63) is 198 Å². The van der Waals surface area contributed by atoms with Crippen molar-refractivity contribution in [2.24, 2.45) is 5.92 Å². The minimum Gasteiger partial charge on any atom is -0.0767 e. The van der Waals surface area contributed by atoms with Crippen LogP contribution in [0, 0.1) is 40.0 Å². The molecular formula is C48H45FeP2. The first kappa shape index (κ1) is 37.0. The standard InChI is InChI=1S/C43H40P2.C5H5.Fe/c1-29-23-30(2)26-36(25-29)44(37-27-31(3)24-32(4)28-37)33(5)38-19-12-22-41(38)45(42-20-10-15-34-13-6-8-17-39(34)42)43-21-11-16-35-14-7-9-18-40(35)43;1-2-4-5-3-1;/h6-28,33,38H,1-5H3;1-5H;/t33-,38?;;/m1../s1. The third-order valence-corrected chi connectivity index (χ3v) is 15.1. The van der Waals surface area contributed by atoms with Gasteiger partial charge in [0, 0.05) is 29.4 Å². The van der Waals surface area contributed by atoms with Gasteiger partial charge in [0.2, 0.25) is 0 Å². The average Bonchev–Trinajstić information content (AvgIpc) is 3.85. The van der Waals surface area contributed by atoms with E-state index in [0.29, 0.717) is 11.6 Å². The van der Waals surface area contributed by atoms with E-state index in [1.165, 1.54) is 65.0 Å². The zero-order valence-corrected chi connectivity index (χ0v) is 33.0. The topological polar surface area (TPSA) is 0 Å². The maximum Gasteiger partial charge on any atom is 0.0103 e. The van der Waals surface area contributed by atoms with Crippen LogP contribution in [0.3, 0.4) is 0 Å². The number of hydrogen-bond donors (Lipinski definition) is 0. The fourth-order valence-corrected chi connectivity index (χ4v) is 13.9. The van der Waals surface area contributed by atoms with E-state index >= 15 is 0 Å². The van der Waals surface area contributed by atoms with E-state index in [4.69, 9.17) is 0 Å². The molecule has 3 heteroatoms. The Bertz CT molecular complexity index is 2100. The van der Waals surface area contributed by atoms with Crippen molar-refractivity contribution in [3.63, 3.8) is 0 Å². The van der Waals surface area contributed by atoms with Gasteiger partial charge >= 0.3 is 0 Å². The predicted molar refractivity (Wildman–Crippen MR) is 225 cm³/mol. The first-order valence-corrected chi connectivity index (χ1v) is 20.4. The molecule has 6 aromatic rings. The van der Waals surface area contributed by atoms with Crippen molar-refractivity contribution in [1.29, 1.82) is 0 Å². The molecular weight excluding hydrogens is 694 g/mol. The van der Waals surface area contributed by atoms with E-state index in [2.05, 4.69) is 174 Å². The van der Waals surface area contributed by atoms with Crippen molar-refractivity contribution in [2.75, 3.05) is 0 Å². The van der Waals surface area contributed by atoms with Gasteiger partial charge in [0.15, 0.2) is 0 Å². The normalized spacial score (nSPS) is 15.3. The van der Waals surface area contributed by atoms with Crippen LogP contribution in [-0.4, -0.2) is 5.66 Å². The largest absolute Gasteiger partial charge is 0.0767 e. The fraction of sp³-hybridized carbons (Fsp3) is 0.146. The first-order chi connectivity index (χ1) is 24.4. The predicted octanol–water partition coefficient (Wildman–Crippen LogP) is 11.6. The number of hydrogen-bond acceptors (Lipinski definition) is 0. The first-order valence-electron chi connectivity index (χ1n) is 17.6. The minimum absolute atomic E-state index is 0. The monoisotopic (exact) mass is 739 g/mol. The summed E-state index contributed by atoms with van der Waals surface area (Å²) in [6.45, 7) is 11.5. The zero-order chi connectivity index (χ0) is 34.6. The van der Waals surface area contributed by atoms with Gasteiger partial charge < -0.3 is 0 Å². The summed E-state index contributed by atoms with van der Waals surface area (Å²) in [5, 5.41) is 12.8. The molecule has 0 saturated heterocycles. The Kier molecular flexibility index (Phi) is 12.1. The maximum atomic E-state index is 2.52. The molecule has 0 aliphatic heterocycles. The molecule has 2 aliphatic carbocycles. The Morgan fingerprint density at radius 3 is 1.41 bits per heavy atom. The van der Waals surface area contributed by atoms with Gasteiger partial charge in [-0.25, -0.2) is 0 Å². The summed E-state index contributed by atoms with van der Waals surface area (Å²) in [5.41, 5.74) is 5.81. The van der Waals surface area contributed by atoms with Crippen LogP contribution in [0.2, 0.25) is 0 Å². The molecule has 0 spiro atoms. The summed E-state index contributed by atoms with van der Waals surface area (Å²) in [5.74, 6) is 0.335.